The molecule has 1 N–H and O–H groups in total. The van der Waals surface area contributed by atoms with Crippen LogP contribution in [-0.4, -0.2) is 35.0 Å². The molecule has 2 heterocycles. The first kappa shape index (κ1) is 12.4. The van der Waals surface area contributed by atoms with Gasteiger partial charge < -0.3 is 4.90 Å². The third kappa shape index (κ3) is 2.80. The standard InChI is InChI=1S/C11H13N5OS/c1-7-6-8(14-10(13-7)16(2)3)9(17)15-11-12-4-5-18-11/h4-6H,1-3H3,(H,12,15,17). The van der Waals surface area contributed by atoms with E-state index in [1.807, 2.05) is 21.0 Å². The summed E-state index contributed by atoms with van der Waals surface area (Å²) < 4.78 is 0. The molecule has 2 rings (SSSR count). The fourth-order valence-corrected chi connectivity index (χ4v) is 1.84. The van der Waals surface area contributed by atoms with Crippen molar-refractivity contribution in [1.82, 2.24) is 15.0 Å². The molecule has 94 valence electrons. The van der Waals surface area contributed by atoms with Gasteiger partial charge in [0.05, 0.1) is 0 Å². The summed E-state index contributed by atoms with van der Waals surface area (Å²) in [5.41, 5.74) is 1.08. The molecule has 0 aliphatic carbocycles. The molecule has 2 aromatic rings. The van der Waals surface area contributed by atoms with Gasteiger partial charge in [0.1, 0.15) is 5.69 Å². The zero-order valence-electron chi connectivity index (χ0n) is 10.3. The summed E-state index contributed by atoms with van der Waals surface area (Å²) in [6, 6.07) is 1.65. The minimum absolute atomic E-state index is 0.279. The van der Waals surface area contributed by atoms with E-state index < -0.39 is 0 Å². The highest BCUT2D eigenvalue weighted by molar-refractivity contribution is 7.13. The number of nitrogens with zero attached hydrogens (tertiary/aromatic N) is 4. The van der Waals surface area contributed by atoms with Crippen LogP contribution in [0.2, 0.25) is 0 Å². The summed E-state index contributed by atoms with van der Waals surface area (Å²) in [5, 5.41) is 5.05. The average Bonchev–Trinajstić information content (AvgIpc) is 2.80. The molecular formula is C11H13N5OS. The molecule has 7 heteroatoms. The highest BCUT2D eigenvalue weighted by Crippen LogP contribution is 2.13. The van der Waals surface area contributed by atoms with E-state index in [0.29, 0.717) is 16.8 Å². The SMILES string of the molecule is Cc1cc(C(=O)Nc2nccs2)nc(N(C)C)n1. The predicted octanol–water partition coefficient (Wildman–Crippen LogP) is 1.56. The topological polar surface area (TPSA) is 71.0 Å². The fourth-order valence-electron chi connectivity index (χ4n) is 1.32. The lowest BCUT2D eigenvalue weighted by Gasteiger charge is -2.11. The number of hydrogen-bond donors (Lipinski definition) is 1. The predicted molar refractivity (Wildman–Crippen MR) is 71.2 cm³/mol. The molecule has 0 aliphatic heterocycles. The zero-order chi connectivity index (χ0) is 13.1. The number of thiazole rings is 1. The molecule has 2 aromatic heterocycles. The van der Waals surface area contributed by atoms with Crippen molar-refractivity contribution in [2.24, 2.45) is 0 Å². The van der Waals surface area contributed by atoms with Crippen LogP contribution < -0.4 is 10.2 Å². The molecule has 0 bridgehead atoms. The molecule has 0 radical (unpaired) electrons. The average molecular weight is 263 g/mol. The molecule has 1 amide bonds. The quantitative estimate of drug-likeness (QED) is 0.910. The van der Waals surface area contributed by atoms with Crippen LogP contribution >= 0.6 is 11.3 Å². The maximum absolute atomic E-state index is 12.0. The summed E-state index contributed by atoms with van der Waals surface area (Å²) in [6.07, 6.45) is 1.64. The second kappa shape index (κ2) is 5.09. The van der Waals surface area contributed by atoms with Crippen LogP contribution in [-0.2, 0) is 0 Å². The minimum Gasteiger partial charge on any atom is -0.347 e. The van der Waals surface area contributed by atoms with Gasteiger partial charge in [0.25, 0.3) is 5.91 Å². The molecule has 18 heavy (non-hydrogen) atoms. The molecule has 0 saturated carbocycles. The largest absolute Gasteiger partial charge is 0.347 e. The second-order valence-electron chi connectivity index (χ2n) is 3.88. The van der Waals surface area contributed by atoms with Crippen LogP contribution in [0.15, 0.2) is 17.6 Å². The first-order valence-corrected chi connectivity index (χ1v) is 6.18. The maximum atomic E-state index is 12.0. The molecule has 6 nitrogen and oxygen atoms in total. The monoisotopic (exact) mass is 263 g/mol. The molecule has 0 aromatic carbocycles. The van der Waals surface area contributed by atoms with E-state index in [9.17, 15) is 4.79 Å². The first-order valence-electron chi connectivity index (χ1n) is 5.30. The highest BCUT2D eigenvalue weighted by atomic mass is 32.1. The number of aryl methyl sites for hydroxylation is 1. The molecular weight excluding hydrogens is 250 g/mol. The number of anilines is 2. The number of aromatic nitrogens is 3. The van der Waals surface area contributed by atoms with Crippen molar-refractivity contribution >= 4 is 28.3 Å². The first-order chi connectivity index (χ1) is 8.56. The second-order valence-corrected chi connectivity index (χ2v) is 4.77. The van der Waals surface area contributed by atoms with E-state index >= 15 is 0 Å². The van der Waals surface area contributed by atoms with Crippen LogP contribution in [0.3, 0.4) is 0 Å². The van der Waals surface area contributed by atoms with E-state index in [1.165, 1.54) is 11.3 Å². The Morgan fingerprint density at radius 3 is 2.78 bits per heavy atom. The van der Waals surface area contributed by atoms with Crippen molar-refractivity contribution in [3.05, 3.63) is 29.0 Å². The van der Waals surface area contributed by atoms with Crippen LogP contribution in [0.1, 0.15) is 16.2 Å². The number of hydrogen-bond acceptors (Lipinski definition) is 6. The van der Waals surface area contributed by atoms with Gasteiger partial charge in [-0.25, -0.2) is 15.0 Å². The number of carbonyl (C=O) groups is 1. The van der Waals surface area contributed by atoms with Gasteiger partial charge in [0, 0.05) is 31.4 Å². The molecule has 0 fully saturated rings. The minimum atomic E-state index is -0.279. The Labute approximate surface area is 109 Å². The van der Waals surface area contributed by atoms with Crippen LogP contribution in [0.5, 0.6) is 0 Å². The van der Waals surface area contributed by atoms with Gasteiger partial charge >= 0.3 is 0 Å². The van der Waals surface area contributed by atoms with Crippen molar-refractivity contribution in [2.45, 2.75) is 6.92 Å². The number of nitrogens with one attached hydrogen (secondary N) is 1. The lowest BCUT2D eigenvalue weighted by molar-refractivity contribution is 0.102. The van der Waals surface area contributed by atoms with E-state index in [4.69, 9.17) is 0 Å². The van der Waals surface area contributed by atoms with Gasteiger partial charge in [-0.15, -0.1) is 11.3 Å². The summed E-state index contributed by atoms with van der Waals surface area (Å²) in [5.74, 6) is 0.234. The van der Waals surface area contributed by atoms with Crippen molar-refractivity contribution in [1.29, 1.82) is 0 Å². The molecule has 0 aliphatic rings. The van der Waals surface area contributed by atoms with Crippen LogP contribution in [0, 0.1) is 6.92 Å². The number of amides is 1. The summed E-state index contributed by atoms with van der Waals surface area (Å²) >= 11 is 1.36. The lowest BCUT2D eigenvalue weighted by atomic mass is 10.3. The smallest absolute Gasteiger partial charge is 0.276 e. The van der Waals surface area contributed by atoms with E-state index in [1.54, 1.807) is 22.5 Å². The Balaban J connectivity index is 2.24. The van der Waals surface area contributed by atoms with Crippen LogP contribution in [0.4, 0.5) is 11.1 Å². The molecule has 0 spiro atoms. The number of carbonyl (C=O) groups excluding carboxylic acids is 1. The number of rotatable bonds is 3. The Hall–Kier alpha value is -2.02. The van der Waals surface area contributed by atoms with Gasteiger partial charge in [0.15, 0.2) is 5.13 Å². The zero-order valence-corrected chi connectivity index (χ0v) is 11.2. The summed E-state index contributed by atoms with van der Waals surface area (Å²) in [7, 11) is 3.66. The van der Waals surface area contributed by atoms with Gasteiger partial charge in [-0.3, -0.25) is 10.1 Å². The van der Waals surface area contributed by atoms with Crippen molar-refractivity contribution < 1.29 is 4.79 Å². The van der Waals surface area contributed by atoms with Gasteiger partial charge in [-0.1, -0.05) is 0 Å². The van der Waals surface area contributed by atoms with Gasteiger partial charge in [0.2, 0.25) is 5.95 Å². The highest BCUT2D eigenvalue weighted by Gasteiger charge is 2.12. The lowest BCUT2D eigenvalue weighted by Crippen LogP contribution is -2.19. The Bertz CT molecular complexity index is 553. The normalized spacial score (nSPS) is 10.2. The maximum Gasteiger partial charge on any atom is 0.276 e. The van der Waals surface area contributed by atoms with E-state index in [2.05, 4.69) is 20.3 Å². The molecule has 0 saturated heterocycles. The third-order valence-electron chi connectivity index (χ3n) is 2.13. The Kier molecular flexibility index (Phi) is 3.52. The van der Waals surface area contributed by atoms with Gasteiger partial charge in [-0.05, 0) is 13.0 Å². The molecule has 0 atom stereocenters. The van der Waals surface area contributed by atoms with E-state index in [-0.39, 0.29) is 5.91 Å². The van der Waals surface area contributed by atoms with Gasteiger partial charge in [-0.2, -0.15) is 0 Å². The van der Waals surface area contributed by atoms with Crippen molar-refractivity contribution in [3.63, 3.8) is 0 Å². The Morgan fingerprint density at radius 1 is 1.39 bits per heavy atom. The van der Waals surface area contributed by atoms with Crippen molar-refractivity contribution in [2.75, 3.05) is 24.3 Å². The van der Waals surface area contributed by atoms with Crippen LogP contribution in [0.25, 0.3) is 0 Å². The van der Waals surface area contributed by atoms with E-state index in [0.717, 1.165) is 5.69 Å². The summed E-state index contributed by atoms with van der Waals surface area (Å²) in [6.45, 7) is 1.83. The third-order valence-corrected chi connectivity index (χ3v) is 2.82. The fraction of sp³-hybridized carbons (Fsp3) is 0.273. The Morgan fingerprint density at radius 2 is 2.17 bits per heavy atom. The summed E-state index contributed by atoms with van der Waals surface area (Å²) in [4.78, 5) is 26.2. The molecule has 0 unspecified atom stereocenters. The van der Waals surface area contributed by atoms with Crippen molar-refractivity contribution in [3.8, 4) is 0 Å².